The van der Waals surface area contributed by atoms with E-state index in [1.807, 2.05) is 20.8 Å². The Bertz CT molecular complexity index is 481. The van der Waals surface area contributed by atoms with Gasteiger partial charge in [0.15, 0.2) is 0 Å². The fourth-order valence-electron chi connectivity index (χ4n) is 2.02. The molecule has 1 heterocycles. The zero-order chi connectivity index (χ0) is 15.0. The van der Waals surface area contributed by atoms with Crippen molar-refractivity contribution in [2.45, 2.75) is 40.4 Å². The van der Waals surface area contributed by atoms with Crippen LogP contribution in [0.25, 0.3) is 0 Å². The third kappa shape index (κ3) is 3.52. The van der Waals surface area contributed by atoms with E-state index in [1.165, 1.54) is 20.0 Å². The van der Waals surface area contributed by atoms with E-state index < -0.39 is 17.8 Å². The van der Waals surface area contributed by atoms with Gasteiger partial charge in [0.25, 0.3) is 5.91 Å². The molecule has 1 amide bonds. The summed E-state index contributed by atoms with van der Waals surface area (Å²) in [5, 5.41) is 2.37. The minimum Gasteiger partial charge on any atom is -0.354 e. The first-order valence-electron chi connectivity index (χ1n) is 5.97. The molecule has 0 atom stereocenters. The monoisotopic (exact) mass is 276 g/mol. The molecule has 0 aliphatic rings. The maximum absolute atomic E-state index is 13.1. The first-order chi connectivity index (χ1) is 8.47. The summed E-state index contributed by atoms with van der Waals surface area (Å²) < 4.78 is 40.4. The van der Waals surface area contributed by atoms with Crippen LogP contribution in [0, 0.1) is 12.3 Å². The lowest BCUT2D eigenvalue weighted by atomic mass is 9.96. The maximum atomic E-state index is 13.1. The van der Waals surface area contributed by atoms with E-state index in [1.54, 1.807) is 0 Å². The minimum absolute atomic E-state index is 0.0437. The Morgan fingerprint density at radius 1 is 1.32 bits per heavy atom. The van der Waals surface area contributed by atoms with Crippen molar-refractivity contribution in [1.29, 1.82) is 0 Å². The van der Waals surface area contributed by atoms with Crippen LogP contribution in [0.15, 0.2) is 6.07 Å². The van der Waals surface area contributed by atoms with Gasteiger partial charge in [-0.3, -0.25) is 4.79 Å². The molecule has 1 aromatic rings. The van der Waals surface area contributed by atoms with E-state index in [9.17, 15) is 18.0 Å². The van der Waals surface area contributed by atoms with Gasteiger partial charge >= 0.3 is 6.18 Å². The number of alkyl halides is 3. The summed E-state index contributed by atoms with van der Waals surface area (Å²) in [6, 6.07) is 1.29. The summed E-state index contributed by atoms with van der Waals surface area (Å²) in [7, 11) is 1.40. The molecule has 0 saturated heterocycles. The number of hydrogen-bond donors (Lipinski definition) is 1. The number of carbonyl (C=O) groups is 1. The highest BCUT2D eigenvalue weighted by Gasteiger charge is 2.39. The van der Waals surface area contributed by atoms with E-state index in [2.05, 4.69) is 5.32 Å². The highest BCUT2D eigenvalue weighted by Crippen LogP contribution is 2.35. The van der Waals surface area contributed by atoms with Crippen molar-refractivity contribution >= 4 is 5.91 Å². The number of amides is 1. The number of rotatable bonds is 2. The number of hydrogen-bond acceptors (Lipinski definition) is 1. The van der Waals surface area contributed by atoms with E-state index in [-0.39, 0.29) is 23.2 Å². The topological polar surface area (TPSA) is 34.0 Å². The molecular weight excluding hydrogens is 257 g/mol. The Kier molecular flexibility index (Phi) is 4.03. The van der Waals surface area contributed by atoms with Gasteiger partial charge in [-0.2, -0.15) is 13.2 Å². The smallest absolute Gasteiger partial charge is 0.354 e. The van der Waals surface area contributed by atoms with Gasteiger partial charge in [-0.25, -0.2) is 0 Å². The van der Waals surface area contributed by atoms with Crippen molar-refractivity contribution < 1.29 is 18.0 Å². The molecule has 0 aromatic carbocycles. The predicted molar refractivity (Wildman–Crippen MR) is 67.0 cm³/mol. The van der Waals surface area contributed by atoms with E-state index >= 15 is 0 Å². The molecule has 0 saturated carbocycles. The Balaban J connectivity index is 3.47. The summed E-state index contributed by atoms with van der Waals surface area (Å²) in [4.78, 5) is 11.7. The highest BCUT2D eigenvalue weighted by atomic mass is 19.4. The van der Waals surface area contributed by atoms with E-state index in [0.717, 1.165) is 4.57 Å². The van der Waals surface area contributed by atoms with Gasteiger partial charge in [0.05, 0.1) is 0 Å². The van der Waals surface area contributed by atoms with E-state index in [4.69, 9.17) is 0 Å². The highest BCUT2D eigenvalue weighted by molar-refractivity contribution is 5.93. The SMILES string of the molecule is CNC(=O)c1cc(C)c(C(F)(F)F)n1CC(C)(C)C. The molecule has 6 heteroatoms. The fourth-order valence-corrected chi connectivity index (χ4v) is 2.02. The average molecular weight is 276 g/mol. The van der Waals surface area contributed by atoms with Crippen LogP contribution >= 0.6 is 0 Å². The van der Waals surface area contributed by atoms with Crippen LogP contribution < -0.4 is 5.32 Å². The zero-order valence-corrected chi connectivity index (χ0v) is 11.8. The summed E-state index contributed by atoms with van der Waals surface area (Å²) in [5.41, 5.74) is -1.01. The zero-order valence-electron chi connectivity index (χ0n) is 11.8. The van der Waals surface area contributed by atoms with Gasteiger partial charge in [0, 0.05) is 13.6 Å². The van der Waals surface area contributed by atoms with Gasteiger partial charge < -0.3 is 9.88 Å². The Morgan fingerprint density at radius 3 is 2.21 bits per heavy atom. The fraction of sp³-hybridized carbons (Fsp3) is 0.615. The molecule has 1 N–H and O–H groups in total. The van der Waals surface area contributed by atoms with Crippen LogP contribution in [0.1, 0.15) is 42.5 Å². The molecule has 0 fully saturated rings. The largest absolute Gasteiger partial charge is 0.431 e. The molecule has 1 aromatic heterocycles. The van der Waals surface area contributed by atoms with Crippen molar-refractivity contribution in [2.75, 3.05) is 7.05 Å². The molecule has 0 aliphatic carbocycles. The minimum atomic E-state index is -4.47. The van der Waals surface area contributed by atoms with Crippen LogP contribution in [0.2, 0.25) is 0 Å². The molecule has 19 heavy (non-hydrogen) atoms. The first-order valence-corrected chi connectivity index (χ1v) is 5.97. The quantitative estimate of drug-likeness (QED) is 0.884. The molecule has 0 radical (unpaired) electrons. The summed E-state index contributed by atoms with van der Waals surface area (Å²) >= 11 is 0. The standard InChI is InChI=1S/C13H19F3N2O/c1-8-6-9(11(19)17-5)18(7-12(2,3)4)10(8)13(14,15)16/h6H,7H2,1-5H3,(H,17,19). The lowest BCUT2D eigenvalue weighted by molar-refractivity contribution is -0.144. The Hall–Kier alpha value is -1.46. The van der Waals surface area contributed by atoms with Crippen molar-refractivity contribution in [3.05, 3.63) is 23.0 Å². The van der Waals surface area contributed by atoms with Gasteiger partial charge in [0.2, 0.25) is 0 Å². The molecule has 0 unspecified atom stereocenters. The first kappa shape index (κ1) is 15.6. The lowest BCUT2D eigenvalue weighted by Crippen LogP contribution is -2.28. The van der Waals surface area contributed by atoms with Crippen molar-refractivity contribution in [3.8, 4) is 0 Å². The number of nitrogens with zero attached hydrogens (tertiary/aromatic N) is 1. The van der Waals surface area contributed by atoms with Gasteiger partial charge in [-0.15, -0.1) is 0 Å². The normalized spacial score (nSPS) is 12.6. The van der Waals surface area contributed by atoms with Crippen molar-refractivity contribution in [3.63, 3.8) is 0 Å². The predicted octanol–water partition coefficient (Wildman–Crippen LogP) is 3.22. The van der Waals surface area contributed by atoms with E-state index in [0.29, 0.717) is 0 Å². The van der Waals surface area contributed by atoms with Gasteiger partial charge in [-0.05, 0) is 24.0 Å². The molecule has 0 bridgehead atoms. The third-order valence-electron chi connectivity index (χ3n) is 2.65. The molecule has 0 spiro atoms. The molecule has 108 valence electrons. The second-order valence-electron chi connectivity index (χ2n) is 5.78. The average Bonchev–Trinajstić information content (AvgIpc) is 2.50. The molecule has 0 aliphatic heterocycles. The maximum Gasteiger partial charge on any atom is 0.431 e. The summed E-state index contributed by atoms with van der Waals surface area (Å²) in [6.45, 7) is 6.98. The lowest BCUT2D eigenvalue weighted by Gasteiger charge is -2.24. The van der Waals surface area contributed by atoms with Gasteiger partial charge in [0.1, 0.15) is 11.4 Å². The Morgan fingerprint density at radius 2 is 1.84 bits per heavy atom. The van der Waals surface area contributed by atoms with Crippen LogP contribution in [0.5, 0.6) is 0 Å². The molecular formula is C13H19F3N2O. The second kappa shape index (κ2) is 4.90. The van der Waals surface area contributed by atoms with Gasteiger partial charge in [-0.1, -0.05) is 20.8 Å². The molecule has 3 nitrogen and oxygen atoms in total. The van der Waals surface area contributed by atoms with Crippen LogP contribution in [0.3, 0.4) is 0 Å². The van der Waals surface area contributed by atoms with Crippen molar-refractivity contribution in [1.82, 2.24) is 9.88 Å². The second-order valence-corrected chi connectivity index (χ2v) is 5.78. The summed E-state index contributed by atoms with van der Waals surface area (Å²) in [5.74, 6) is -0.511. The van der Waals surface area contributed by atoms with Crippen molar-refractivity contribution in [2.24, 2.45) is 5.41 Å². The van der Waals surface area contributed by atoms with Crippen LogP contribution in [-0.4, -0.2) is 17.5 Å². The number of aromatic nitrogens is 1. The number of halogens is 3. The number of aryl methyl sites for hydroxylation is 1. The third-order valence-corrected chi connectivity index (χ3v) is 2.65. The van der Waals surface area contributed by atoms with Crippen LogP contribution in [-0.2, 0) is 12.7 Å². The number of carbonyl (C=O) groups excluding carboxylic acids is 1. The molecule has 1 rings (SSSR count). The number of nitrogens with one attached hydrogen (secondary N) is 1. The van der Waals surface area contributed by atoms with Crippen LogP contribution in [0.4, 0.5) is 13.2 Å². The Labute approximate surface area is 110 Å². The summed E-state index contributed by atoms with van der Waals surface area (Å²) in [6.07, 6.45) is -4.47.